The fraction of sp³-hybridized carbons (Fsp3) is 1.00. The summed E-state index contributed by atoms with van der Waals surface area (Å²) >= 11 is 0. The topological polar surface area (TPSA) is 90.3 Å². The average molecular weight is 254 g/mol. The minimum atomic E-state index is -4.44. The van der Waals surface area contributed by atoms with E-state index in [0.29, 0.717) is 26.2 Å². The maximum absolute atomic E-state index is 10.7. The van der Waals surface area contributed by atoms with Gasteiger partial charge in [-0.1, -0.05) is 6.92 Å². The molecule has 96 valence electrons. The highest BCUT2D eigenvalue weighted by Crippen LogP contribution is 2.12. The summed E-state index contributed by atoms with van der Waals surface area (Å²) in [6.45, 7) is 4.79. The lowest BCUT2D eigenvalue weighted by molar-refractivity contribution is -0.0404. The molecule has 16 heavy (non-hydrogen) atoms. The second-order valence-corrected chi connectivity index (χ2v) is 4.68. The van der Waals surface area contributed by atoms with Crippen molar-refractivity contribution in [2.45, 2.75) is 13.2 Å². The second kappa shape index (κ2) is 5.89. The normalized spacial score (nSPS) is 24.8. The van der Waals surface area contributed by atoms with E-state index in [1.807, 2.05) is 16.7 Å². The standard InChI is InChI=1S/C8H18N2O5S/c1-2-10-4-3-9(5-6-11)7-8(10)15-16(12,13)14/h8,11H,2-7H2,1H3,(H,12,13,14). The first-order chi connectivity index (χ1) is 7.46. The molecule has 1 atom stereocenters. The monoisotopic (exact) mass is 254 g/mol. The highest BCUT2D eigenvalue weighted by Gasteiger charge is 2.29. The molecule has 0 saturated carbocycles. The maximum atomic E-state index is 10.7. The van der Waals surface area contributed by atoms with Gasteiger partial charge in [-0.3, -0.25) is 14.4 Å². The highest BCUT2D eigenvalue weighted by molar-refractivity contribution is 7.80. The van der Waals surface area contributed by atoms with Gasteiger partial charge in [0.25, 0.3) is 0 Å². The van der Waals surface area contributed by atoms with Gasteiger partial charge in [0.2, 0.25) is 0 Å². The van der Waals surface area contributed by atoms with Gasteiger partial charge in [0.15, 0.2) is 0 Å². The molecule has 0 aliphatic carbocycles. The summed E-state index contributed by atoms with van der Waals surface area (Å²) in [7, 11) is -4.44. The number of hydrogen-bond donors (Lipinski definition) is 2. The lowest BCUT2D eigenvalue weighted by atomic mass is 10.3. The summed E-state index contributed by atoms with van der Waals surface area (Å²) in [5.41, 5.74) is 0. The quantitative estimate of drug-likeness (QED) is 0.593. The Bertz CT molecular complexity index is 308. The van der Waals surface area contributed by atoms with Gasteiger partial charge in [-0.05, 0) is 6.54 Å². The van der Waals surface area contributed by atoms with E-state index in [1.165, 1.54) is 0 Å². The number of piperazine rings is 1. The van der Waals surface area contributed by atoms with Crippen molar-refractivity contribution in [1.82, 2.24) is 9.80 Å². The van der Waals surface area contributed by atoms with Crippen LogP contribution < -0.4 is 0 Å². The van der Waals surface area contributed by atoms with Crippen LogP contribution in [0.3, 0.4) is 0 Å². The molecule has 8 heteroatoms. The molecule has 7 nitrogen and oxygen atoms in total. The van der Waals surface area contributed by atoms with Crippen LogP contribution in [-0.2, 0) is 14.6 Å². The van der Waals surface area contributed by atoms with Crippen molar-refractivity contribution in [3.63, 3.8) is 0 Å². The van der Waals surface area contributed by atoms with Crippen LogP contribution in [0.25, 0.3) is 0 Å². The fourth-order valence-electron chi connectivity index (χ4n) is 1.78. The highest BCUT2D eigenvalue weighted by atomic mass is 32.3. The van der Waals surface area contributed by atoms with Crippen LogP contribution in [0, 0.1) is 0 Å². The summed E-state index contributed by atoms with van der Waals surface area (Å²) < 4.78 is 34.6. The minimum Gasteiger partial charge on any atom is -0.395 e. The Labute approximate surface area is 95.6 Å². The van der Waals surface area contributed by atoms with Gasteiger partial charge in [0.1, 0.15) is 6.23 Å². The number of nitrogens with zero attached hydrogens (tertiary/aromatic N) is 2. The number of rotatable bonds is 5. The Hall–Kier alpha value is -0.250. The van der Waals surface area contributed by atoms with E-state index >= 15 is 0 Å². The molecule has 1 rings (SSSR count). The van der Waals surface area contributed by atoms with Gasteiger partial charge >= 0.3 is 10.4 Å². The molecular formula is C8H18N2O5S. The largest absolute Gasteiger partial charge is 0.398 e. The Morgan fingerprint density at radius 2 is 2.12 bits per heavy atom. The molecule has 0 bridgehead atoms. The third-order valence-electron chi connectivity index (χ3n) is 2.58. The van der Waals surface area contributed by atoms with Crippen LogP contribution in [-0.4, -0.2) is 73.4 Å². The van der Waals surface area contributed by atoms with Gasteiger partial charge in [-0.2, -0.15) is 8.42 Å². The van der Waals surface area contributed by atoms with Crippen molar-refractivity contribution < 1.29 is 22.3 Å². The van der Waals surface area contributed by atoms with E-state index in [9.17, 15) is 8.42 Å². The van der Waals surface area contributed by atoms with Gasteiger partial charge in [-0.15, -0.1) is 0 Å². The Balaban J connectivity index is 2.60. The van der Waals surface area contributed by atoms with E-state index in [4.69, 9.17) is 9.66 Å². The first-order valence-corrected chi connectivity index (χ1v) is 6.55. The zero-order valence-corrected chi connectivity index (χ0v) is 10.1. The molecule has 1 aliphatic rings. The third-order valence-corrected chi connectivity index (χ3v) is 3.05. The maximum Gasteiger partial charge on any atom is 0.398 e. The van der Waals surface area contributed by atoms with Gasteiger partial charge < -0.3 is 5.11 Å². The summed E-state index contributed by atoms with van der Waals surface area (Å²) in [4.78, 5) is 3.71. The number of likely N-dealkylation sites (N-methyl/N-ethyl adjacent to an activating group) is 1. The van der Waals surface area contributed by atoms with Crippen LogP contribution >= 0.6 is 0 Å². The predicted octanol–water partition coefficient (Wildman–Crippen LogP) is -1.24. The van der Waals surface area contributed by atoms with E-state index in [2.05, 4.69) is 4.18 Å². The van der Waals surface area contributed by atoms with E-state index < -0.39 is 16.6 Å². The van der Waals surface area contributed by atoms with Crippen LogP contribution in [0.5, 0.6) is 0 Å². The van der Waals surface area contributed by atoms with Gasteiger partial charge in [-0.25, -0.2) is 4.18 Å². The number of aliphatic hydroxyl groups is 1. The van der Waals surface area contributed by atoms with Crippen LogP contribution in [0.2, 0.25) is 0 Å². The first kappa shape index (κ1) is 13.8. The molecule has 0 spiro atoms. The second-order valence-electron chi connectivity index (χ2n) is 3.63. The Morgan fingerprint density at radius 1 is 1.44 bits per heavy atom. The third kappa shape index (κ3) is 4.32. The molecule has 1 unspecified atom stereocenters. The lowest BCUT2D eigenvalue weighted by Gasteiger charge is -2.39. The smallest absolute Gasteiger partial charge is 0.395 e. The molecule has 0 aromatic rings. The molecular weight excluding hydrogens is 236 g/mol. The molecule has 0 aromatic carbocycles. The number of β-amino-alcohol motifs (C(OH)–C–C–N with tert-alkyl or cyclic N) is 1. The zero-order chi connectivity index (χ0) is 12.2. The zero-order valence-electron chi connectivity index (χ0n) is 9.24. The summed E-state index contributed by atoms with van der Waals surface area (Å²) in [5, 5.41) is 8.80. The molecule has 1 heterocycles. The van der Waals surface area contributed by atoms with Crippen molar-refractivity contribution in [2.75, 3.05) is 39.3 Å². The number of hydrogen-bond acceptors (Lipinski definition) is 6. The molecule has 1 fully saturated rings. The van der Waals surface area contributed by atoms with Crippen LogP contribution in [0.4, 0.5) is 0 Å². The number of aliphatic hydroxyl groups excluding tert-OH is 1. The lowest BCUT2D eigenvalue weighted by Crippen LogP contribution is -2.55. The molecule has 2 N–H and O–H groups in total. The fourth-order valence-corrected chi connectivity index (χ4v) is 2.24. The van der Waals surface area contributed by atoms with Crippen molar-refractivity contribution in [1.29, 1.82) is 0 Å². The summed E-state index contributed by atoms with van der Waals surface area (Å²) in [5.74, 6) is 0. The van der Waals surface area contributed by atoms with Gasteiger partial charge in [0.05, 0.1) is 6.61 Å². The SMILES string of the molecule is CCN1CCN(CCO)CC1OS(=O)(=O)O. The van der Waals surface area contributed by atoms with E-state index in [-0.39, 0.29) is 6.61 Å². The van der Waals surface area contributed by atoms with E-state index in [1.54, 1.807) is 0 Å². The average Bonchev–Trinajstić information content (AvgIpc) is 2.16. The van der Waals surface area contributed by atoms with Crippen molar-refractivity contribution in [2.24, 2.45) is 0 Å². The molecule has 0 amide bonds. The predicted molar refractivity (Wildman–Crippen MR) is 57.2 cm³/mol. The minimum absolute atomic E-state index is 0.0186. The summed E-state index contributed by atoms with van der Waals surface area (Å²) in [6.07, 6.45) is -0.680. The summed E-state index contributed by atoms with van der Waals surface area (Å²) in [6, 6.07) is 0. The van der Waals surface area contributed by atoms with Crippen molar-refractivity contribution in [3.8, 4) is 0 Å². The molecule has 0 radical (unpaired) electrons. The van der Waals surface area contributed by atoms with E-state index in [0.717, 1.165) is 6.54 Å². The molecule has 1 saturated heterocycles. The van der Waals surface area contributed by atoms with Crippen molar-refractivity contribution in [3.05, 3.63) is 0 Å². The van der Waals surface area contributed by atoms with Crippen molar-refractivity contribution >= 4 is 10.4 Å². The Kier molecular flexibility index (Phi) is 5.09. The van der Waals surface area contributed by atoms with Gasteiger partial charge in [0, 0.05) is 26.2 Å². The first-order valence-electron chi connectivity index (χ1n) is 5.19. The van der Waals surface area contributed by atoms with Crippen LogP contribution in [0.15, 0.2) is 0 Å². The molecule has 1 aliphatic heterocycles. The molecule has 0 aromatic heterocycles. The Morgan fingerprint density at radius 3 is 2.62 bits per heavy atom. The van der Waals surface area contributed by atoms with Crippen LogP contribution in [0.1, 0.15) is 6.92 Å².